The van der Waals surface area contributed by atoms with Gasteiger partial charge >= 0.3 is 12.1 Å². The van der Waals surface area contributed by atoms with Crippen molar-refractivity contribution < 1.29 is 33.4 Å². The third-order valence-electron chi connectivity index (χ3n) is 7.31. The zero-order chi connectivity index (χ0) is 30.2. The van der Waals surface area contributed by atoms with Crippen molar-refractivity contribution in [1.82, 2.24) is 9.80 Å². The molecule has 11 nitrogen and oxygen atoms in total. The number of benzene rings is 1. The van der Waals surface area contributed by atoms with E-state index in [4.69, 9.17) is 19.7 Å². The molecule has 0 aromatic heterocycles. The summed E-state index contributed by atoms with van der Waals surface area (Å²) < 4.78 is 17.4. The van der Waals surface area contributed by atoms with Crippen molar-refractivity contribution in [1.29, 1.82) is 5.53 Å². The second kappa shape index (κ2) is 14.5. The van der Waals surface area contributed by atoms with Gasteiger partial charge in [0.05, 0.1) is 12.6 Å². The number of hydrogen-bond donors (Lipinski definition) is 1. The lowest BCUT2D eigenvalue weighted by Crippen LogP contribution is -2.49. The first-order valence-corrected chi connectivity index (χ1v) is 14.4. The van der Waals surface area contributed by atoms with Gasteiger partial charge in [-0.3, -0.25) is 14.4 Å². The van der Waals surface area contributed by atoms with E-state index in [2.05, 4.69) is 5.11 Å². The van der Waals surface area contributed by atoms with Crippen LogP contribution in [0.15, 0.2) is 29.4 Å². The Morgan fingerprint density at radius 2 is 1.68 bits per heavy atom. The lowest BCUT2D eigenvalue weighted by atomic mass is 9.96. The SMILES string of the molecule is CC(=O)OC(OC1CCN(C(=O)[C@H](C)CC(=O)c2ccc(CN=N)cc2)CC1)C1CCCN(C(=O)OC(C)(C)C)C1. The number of ketones is 1. The second-order valence-electron chi connectivity index (χ2n) is 12.0. The number of amides is 2. The van der Waals surface area contributed by atoms with Crippen molar-refractivity contribution >= 4 is 23.8 Å². The van der Waals surface area contributed by atoms with Crippen molar-refractivity contribution in [2.24, 2.45) is 17.0 Å². The molecule has 2 saturated heterocycles. The summed E-state index contributed by atoms with van der Waals surface area (Å²) in [5, 5.41) is 3.35. The lowest BCUT2D eigenvalue weighted by molar-refractivity contribution is -0.211. The van der Waals surface area contributed by atoms with E-state index in [1.165, 1.54) is 6.92 Å². The maximum Gasteiger partial charge on any atom is 0.410 e. The van der Waals surface area contributed by atoms with Gasteiger partial charge in [-0.15, -0.1) is 0 Å². The highest BCUT2D eigenvalue weighted by atomic mass is 16.7. The predicted octanol–water partition coefficient (Wildman–Crippen LogP) is 4.97. The number of nitrogens with one attached hydrogen (secondary N) is 1. The number of ether oxygens (including phenoxy) is 3. The van der Waals surface area contributed by atoms with Crippen LogP contribution in [0.4, 0.5) is 4.79 Å². The molecule has 2 fully saturated rings. The molecule has 0 spiro atoms. The monoisotopic (exact) mass is 572 g/mol. The molecule has 3 rings (SSSR count). The van der Waals surface area contributed by atoms with Gasteiger partial charge in [-0.05, 0) is 52.0 Å². The largest absolute Gasteiger partial charge is 0.444 e. The number of carbonyl (C=O) groups excluding carboxylic acids is 4. The molecule has 0 saturated carbocycles. The molecule has 2 amide bonds. The zero-order valence-corrected chi connectivity index (χ0v) is 24.9. The standard InChI is InChI=1S/C30H44N4O7/c1-20(17-26(36)23-10-8-22(9-11-23)18-32-31)27(37)33-15-12-25(13-16-33)40-28(39-21(2)35)24-7-6-14-34(19-24)29(38)41-30(3,4)5/h8-11,20,24-25,28,31H,6-7,12-19H2,1-5H3/t20-,24?,28?/m1/s1. The van der Waals surface area contributed by atoms with E-state index < -0.39 is 23.8 Å². The fourth-order valence-electron chi connectivity index (χ4n) is 5.21. The van der Waals surface area contributed by atoms with Crippen molar-refractivity contribution in [2.75, 3.05) is 26.2 Å². The highest BCUT2D eigenvalue weighted by Gasteiger charge is 2.36. The second-order valence-corrected chi connectivity index (χ2v) is 12.0. The quantitative estimate of drug-likeness (QED) is 0.181. The number of Topliss-reactive ketones (excluding diaryl/α,β-unsaturated/α-hetero) is 1. The fraction of sp³-hybridized carbons (Fsp3) is 0.667. The molecule has 1 aromatic carbocycles. The summed E-state index contributed by atoms with van der Waals surface area (Å²) in [5.41, 5.74) is 7.74. The highest BCUT2D eigenvalue weighted by molar-refractivity contribution is 5.98. The van der Waals surface area contributed by atoms with Crippen LogP contribution in [0.5, 0.6) is 0 Å². The Balaban J connectivity index is 1.51. The number of likely N-dealkylation sites (tertiary alicyclic amines) is 2. The van der Waals surface area contributed by atoms with Crippen molar-refractivity contribution in [3.63, 3.8) is 0 Å². The average Bonchev–Trinajstić information content (AvgIpc) is 2.92. The molecule has 2 aliphatic heterocycles. The summed E-state index contributed by atoms with van der Waals surface area (Å²) in [5.74, 6) is -1.26. The van der Waals surface area contributed by atoms with E-state index >= 15 is 0 Å². The molecule has 0 aliphatic carbocycles. The maximum absolute atomic E-state index is 13.1. The van der Waals surface area contributed by atoms with Gasteiger partial charge in [-0.2, -0.15) is 5.11 Å². The van der Waals surface area contributed by atoms with Crippen LogP contribution in [0.3, 0.4) is 0 Å². The Kier molecular flexibility index (Phi) is 11.4. The van der Waals surface area contributed by atoms with Gasteiger partial charge < -0.3 is 24.0 Å². The van der Waals surface area contributed by atoms with Crippen LogP contribution in [0.1, 0.15) is 82.6 Å². The van der Waals surface area contributed by atoms with Crippen LogP contribution in [0.2, 0.25) is 0 Å². The van der Waals surface area contributed by atoms with Crippen LogP contribution in [-0.2, 0) is 30.3 Å². The van der Waals surface area contributed by atoms with Crippen molar-refractivity contribution in [3.8, 4) is 0 Å². The summed E-state index contributed by atoms with van der Waals surface area (Å²) in [7, 11) is 0. The normalized spacial score (nSPS) is 19.7. The number of hydrogen-bond acceptors (Lipinski definition) is 9. The molecule has 226 valence electrons. The number of rotatable bonds is 10. The van der Waals surface area contributed by atoms with Crippen LogP contribution in [0, 0.1) is 17.4 Å². The van der Waals surface area contributed by atoms with Gasteiger partial charge in [0, 0.05) is 56.9 Å². The van der Waals surface area contributed by atoms with Gasteiger partial charge in [-0.25, -0.2) is 10.3 Å². The molecular weight excluding hydrogens is 528 g/mol. The first kappa shape index (κ1) is 32.2. The Morgan fingerprint density at radius 3 is 2.27 bits per heavy atom. The molecule has 0 radical (unpaired) electrons. The van der Waals surface area contributed by atoms with Gasteiger partial charge in [0.2, 0.25) is 12.2 Å². The Labute approximate surface area is 242 Å². The first-order chi connectivity index (χ1) is 19.4. The highest BCUT2D eigenvalue weighted by Crippen LogP contribution is 2.28. The minimum Gasteiger partial charge on any atom is -0.444 e. The average molecular weight is 573 g/mol. The topological polar surface area (TPSA) is 139 Å². The predicted molar refractivity (Wildman–Crippen MR) is 150 cm³/mol. The summed E-state index contributed by atoms with van der Waals surface area (Å²) >= 11 is 0. The van der Waals surface area contributed by atoms with Gasteiger partial charge in [0.1, 0.15) is 5.60 Å². The Bertz CT molecular complexity index is 1080. The van der Waals surface area contributed by atoms with E-state index in [1.807, 2.05) is 20.8 Å². The molecule has 3 atom stereocenters. The lowest BCUT2D eigenvalue weighted by Gasteiger charge is -2.39. The van der Waals surface area contributed by atoms with Gasteiger partial charge in [0.25, 0.3) is 0 Å². The molecule has 0 bridgehead atoms. The Morgan fingerprint density at radius 1 is 1.02 bits per heavy atom. The van der Waals surface area contributed by atoms with Crippen LogP contribution >= 0.6 is 0 Å². The third kappa shape index (κ3) is 9.91. The van der Waals surface area contributed by atoms with Gasteiger partial charge in [-0.1, -0.05) is 31.2 Å². The number of piperidine rings is 2. The number of carbonyl (C=O) groups is 4. The van der Waals surface area contributed by atoms with E-state index in [0.717, 1.165) is 18.4 Å². The molecular formula is C30H44N4O7. The summed E-state index contributed by atoms with van der Waals surface area (Å²) in [6, 6.07) is 6.96. The molecule has 2 unspecified atom stereocenters. The van der Waals surface area contributed by atoms with E-state index in [-0.39, 0.29) is 42.8 Å². The molecule has 1 aromatic rings. The van der Waals surface area contributed by atoms with Crippen LogP contribution < -0.4 is 0 Å². The van der Waals surface area contributed by atoms with Crippen molar-refractivity contribution in [2.45, 2.75) is 91.3 Å². The minimum atomic E-state index is -0.789. The molecule has 41 heavy (non-hydrogen) atoms. The summed E-state index contributed by atoms with van der Waals surface area (Å²) in [4.78, 5) is 53.8. The smallest absolute Gasteiger partial charge is 0.410 e. The fourth-order valence-corrected chi connectivity index (χ4v) is 5.21. The van der Waals surface area contributed by atoms with Crippen LogP contribution in [0.25, 0.3) is 0 Å². The first-order valence-electron chi connectivity index (χ1n) is 14.4. The van der Waals surface area contributed by atoms with E-state index in [1.54, 1.807) is 41.0 Å². The van der Waals surface area contributed by atoms with E-state index in [0.29, 0.717) is 44.6 Å². The summed E-state index contributed by atoms with van der Waals surface area (Å²) in [6.45, 7) is 10.8. The molecule has 2 heterocycles. The summed E-state index contributed by atoms with van der Waals surface area (Å²) in [6.07, 6.45) is 1.39. The minimum absolute atomic E-state index is 0.0711. The number of nitrogens with zero attached hydrogens (tertiary/aromatic N) is 3. The molecule has 11 heteroatoms. The van der Waals surface area contributed by atoms with Crippen LogP contribution in [-0.4, -0.2) is 77.7 Å². The van der Waals surface area contributed by atoms with Crippen molar-refractivity contribution in [3.05, 3.63) is 35.4 Å². The van der Waals surface area contributed by atoms with E-state index in [9.17, 15) is 19.2 Å². The van der Waals surface area contributed by atoms with Gasteiger partial charge in [0.15, 0.2) is 5.78 Å². The molecule has 2 aliphatic rings. The zero-order valence-electron chi connectivity index (χ0n) is 24.9. The maximum atomic E-state index is 13.1. The third-order valence-corrected chi connectivity index (χ3v) is 7.31. The number of esters is 1. The molecule has 1 N–H and O–H groups in total. The Hall–Kier alpha value is -3.34.